The molecule has 1 aromatic carbocycles. The number of fused-ring (bicyclic) bond motifs is 1. The average Bonchev–Trinajstić information content (AvgIpc) is 3.17. The lowest BCUT2D eigenvalue weighted by atomic mass is 9.77. The standard InChI is InChI=1S/C25H37BClNO5Si/c1-10-30-22(29)21-16(12-11-15-31-34(9)23(2,3)4)17-13-14-18(27)19(20(17)28-21)26-32-24(5,6)25(7,8)33-26/h13-14H,10-12,15H2,1-9H3/p+1. The van der Waals surface area contributed by atoms with Gasteiger partial charge in [0.05, 0.1) is 31.0 Å². The predicted molar refractivity (Wildman–Crippen MR) is 141 cm³/mol. The third kappa shape index (κ3) is 5.41. The topological polar surface area (TPSA) is 69.8 Å². The van der Waals surface area contributed by atoms with Crippen LogP contribution in [0.25, 0.3) is 10.9 Å². The molecule has 9 heteroatoms. The minimum Gasteiger partial charge on any atom is -0.461 e. The van der Waals surface area contributed by atoms with Crippen LogP contribution in [0.3, 0.4) is 0 Å². The van der Waals surface area contributed by atoms with Gasteiger partial charge in [-0.1, -0.05) is 17.7 Å². The summed E-state index contributed by atoms with van der Waals surface area (Å²) in [4.78, 5) is 16.2. The molecule has 0 spiro atoms. The number of halogens is 1. The van der Waals surface area contributed by atoms with Crippen LogP contribution in [-0.2, 0) is 24.9 Å². The van der Waals surface area contributed by atoms with E-state index in [1.807, 2.05) is 39.8 Å². The van der Waals surface area contributed by atoms with Gasteiger partial charge in [-0.2, -0.15) is 0 Å². The number of esters is 1. The lowest BCUT2D eigenvalue weighted by Crippen LogP contribution is -2.41. The summed E-state index contributed by atoms with van der Waals surface area (Å²) in [5.41, 5.74) is 1.80. The number of aromatic nitrogens is 1. The second-order valence-corrected chi connectivity index (χ2v) is 14.2. The maximum atomic E-state index is 12.9. The summed E-state index contributed by atoms with van der Waals surface area (Å²) in [5.74, 6) is -0.374. The summed E-state index contributed by atoms with van der Waals surface area (Å²) < 4.78 is 24.1. The van der Waals surface area contributed by atoms with Crippen molar-refractivity contribution in [1.29, 1.82) is 0 Å². The average molecular weight is 507 g/mol. The number of benzene rings is 1. The highest BCUT2D eigenvalue weighted by molar-refractivity contribution is 6.68. The molecule has 1 fully saturated rings. The molecule has 0 atom stereocenters. The van der Waals surface area contributed by atoms with Crippen molar-refractivity contribution in [1.82, 2.24) is 4.98 Å². The highest BCUT2D eigenvalue weighted by atomic mass is 35.5. The van der Waals surface area contributed by atoms with Crippen molar-refractivity contribution < 1.29 is 23.3 Å². The van der Waals surface area contributed by atoms with E-state index in [-0.39, 0.29) is 11.0 Å². The van der Waals surface area contributed by atoms with Crippen LogP contribution in [-0.4, -0.2) is 51.5 Å². The molecular weight excluding hydrogens is 469 g/mol. The van der Waals surface area contributed by atoms with Crippen molar-refractivity contribution in [2.75, 3.05) is 13.2 Å². The van der Waals surface area contributed by atoms with Crippen molar-refractivity contribution in [3.8, 4) is 0 Å². The van der Waals surface area contributed by atoms with E-state index in [1.54, 1.807) is 6.92 Å². The maximum absolute atomic E-state index is 12.9. The van der Waals surface area contributed by atoms with Crippen molar-refractivity contribution in [2.45, 2.75) is 91.0 Å². The van der Waals surface area contributed by atoms with Crippen LogP contribution in [0.5, 0.6) is 0 Å². The molecular formula is C25H38BClNO5Si+. The van der Waals surface area contributed by atoms with Crippen LogP contribution < -0.4 is 5.46 Å². The van der Waals surface area contributed by atoms with Crippen LogP contribution in [0.4, 0.5) is 0 Å². The SMILES string of the molecule is CCOC(=O)c1[nH]c2c(B3OC(C)(C)C(C)(C)O3)c(Cl)ccc2c1CCCO[Si+](C)C(C)(C)C. The smallest absolute Gasteiger partial charge is 0.461 e. The lowest BCUT2D eigenvalue weighted by Gasteiger charge is -2.32. The van der Waals surface area contributed by atoms with Crippen LogP contribution >= 0.6 is 11.6 Å². The lowest BCUT2D eigenvalue weighted by molar-refractivity contribution is 0.00578. The number of H-pyrrole nitrogens is 1. The number of carbonyl (C=O) groups is 1. The summed E-state index contributed by atoms with van der Waals surface area (Å²) in [6.45, 7) is 19.6. The third-order valence-corrected chi connectivity index (χ3v) is 10.1. The van der Waals surface area contributed by atoms with Gasteiger partial charge in [0.25, 0.3) is 0 Å². The molecule has 1 N–H and O–H groups in total. The van der Waals surface area contributed by atoms with Gasteiger partial charge in [-0.3, -0.25) is 0 Å². The van der Waals surface area contributed by atoms with E-state index in [4.69, 9.17) is 30.1 Å². The van der Waals surface area contributed by atoms with E-state index in [9.17, 15) is 4.79 Å². The van der Waals surface area contributed by atoms with Gasteiger partial charge in [0.2, 0.25) is 0 Å². The number of ether oxygens (including phenoxy) is 1. The Bertz CT molecular complexity index is 1030. The molecule has 2 heterocycles. The molecule has 3 rings (SSSR count). The Kier molecular flexibility index (Phi) is 8.00. The first kappa shape index (κ1) is 27.3. The molecule has 0 saturated carbocycles. The van der Waals surface area contributed by atoms with E-state index in [2.05, 4.69) is 32.3 Å². The molecule has 0 aliphatic carbocycles. The van der Waals surface area contributed by atoms with Gasteiger partial charge in [0.15, 0.2) is 0 Å². The molecule has 1 saturated heterocycles. The maximum Gasteiger partial charge on any atom is 0.498 e. The van der Waals surface area contributed by atoms with E-state index in [1.165, 1.54) is 0 Å². The van der Waals surface area contributed by atoms with Gasteiger partial charge in [-0.15, -0.1) is 0 Å². The summed E-state index contributed by atoms with van der Waals surface area (Å²) in [6, 6.07) is 3.80. The van der Waals surface area contributed by atoms with E-state index < -0.39 is 27.4 Å². The van der Waals surface area contributed by atoms with Crippen LogP contribution in [0.15, 0.2) is 12.1 Å². The molecule has 1 aromatic heterocycles. The van der Waals surface area contributed by atoms with Gasteiger partial charge in [-0.05, 0) is 79.9 Å². The van der Waals surface area contributed by atoms with E-state index in [0.717, 1.165) is 22.9 Å². The summed E-state index contributed by atoms with van der Waals surface area (Å²) >= 11 is 6.66. The quantitative estimate of drug-likeness (QED) is 0.284. The van der Waals surface area contributed by atoms with Gasteiger partial charge in [0, 0.05) is 21.4 Å². The molecule has 0 unspecified atom stereocenters. The van der Waals surface area contributed by atoms with Gasteiger partial charge in [0.1, 0.15) is 10.7 Å². The monoisotopic (exact) mass is 506 g/mol. The highest BCUT2D eigenvalue weighted by Crippen LogP contribution is 2.38. The Morgan fingerprint density at radius 2 is 1.79 bits per heavy atom. The number of rotatable bonds is 8. The fourth-order valence-electron chi connectivity index (χ4n) is 3.83. The fourth-order valence-corrected chi connectivity index (χ4v) is 4.96. The number of hydrogen-bond donors (Lipinski definition) is 1. The van der Waals surface area contributed by atoms with Crippen molar-refractivity contribution in [3.05, 3.63) is 28.4 Å². The van der Waals surface area contributed by atoms with Crippen LogP contribution in [0, 0.1) is 0 Å². The molecule has 6 nitrogen and oxygen atoms in total. The van der Waals surface area contributed by atoms with Crippen molar-refractivity contribution >= 4 is 50.1 Å². The first-order valence-corrected chi connectivity index (χ1v) is 14.3. The number of nitrogens with one attached hydrogen (secondary N) is 1. The zero-order valence-electron chi connectivity index (χ0n) is 22.0. The predicted octanol–water partition coefficient (Wildman–Crippen LogP) is 5.67. The van der Waals surface area contributed by atoms with Crippen molar-refractivity contribution in [3.63, 3.8) is 0 Å². The van der Waals surface area contributed by atoms with Crippen molar-refractivity contribution in [2.24, 2.45) is 0 Å². The number of carbonyl (C=O) groups excluding carboxylic acids is 1. The summed E-state index contributed by atoms with van der Waals surface area (Å²) in [5, 5.41) is 1.63. The fraction of sp³-hybridized carbons (Fsp3) is 0.640. The molecule has 34 heavy (non-hydrogen) atoms. The first-order chi connectivity index (χ1) is 15.7. The number of aryl methyl sites for hydroxylation is 1. The molecule has 2 aromatic rings. The van der Waals surface area contributed by atoms with Crippen LogP contribution in [0.2, 0.25) is 16.6 Å². The molecule has 0 bridgehead atoms. The Labute approximate surface area is 210 Å². The van der Waals surface area contributed by atoms with E-state index >= 15 is 0 Å². The minimum atomic E-state index is -0.917. The summed E-state index contributed by atoms with van der Waals surface area (Å²) in [7, 11) is -1.57. The molecule has 0 amide bonds. The van der Waals surface area contributed by atoms with Crippen LogP contribution in [0.1, 0.15) is 77.9 Å². The Hall–Kier alpha value is -1.32. The molecule has 1 aliphatic heterocycles. The Balaban J connectivity index is 1.97. The Morgan fingerprint density at radius 1 is 1.18 bits per heavy atom. The zero-order chi connectivity index (χ0) is 25.5. The van der Waals surface area contributed by atoms with Gasteiger partial charge >= 0.3 is 22.1 Å². The first-order valence-electron chi connectivity index (χ1n) is 12.0. The third-order valence-electron chi connectivity index (χ3n) is 6.98. The normalized spacial score (nSPS) is 17.4. The number of hydrogen-bond acceptors (Lipinski definition) is 5. The minimum absolute atomic E-state index is 0.177. The molecule has 1 aliphatic rings. The number of aromatic amines is 1. The molecule has 0 radical (unpaired) electrons. The zero-order valence-corrected chi connectivity index (χ0v) is 23.7. The second kappa shape index (κ2) is 9.97. The molecule has 186 valence electrons. The van der Waals surface area contributed by atoms with Gasteiger partial charge < -0.3 is 19.0 Å². The van der Waals surface area contributed by atoms with Gasteiger partial charge in [-0.25, -0.2) is 9.22 Å². The summed E-state index contributed by atoms with van der Waals surface area (Å²) in [6.07, 6.45) is 1.48. The largest absolute Gasteiger partial charge is 0.498 e. The highest BCUT2D eigenvalue weighted by Gasteiger charge is 2.53. The second-order valence-electron chi connectivity index (χ2n) is 10.9. The Morgan fingerprint density at radius 3 is 2.35 bits per heavy atom. The van der Waals surface area contributed by atoms with E-state index in [0.29, 0.717) is 35.8 Å².